The molecule has 6 nitrogen and oxygen atoms in total. The van der Waals surface area contributed by atoms with Gasteiger partial charge in [-0.05, 0) is 128 Å². The van der Waals surface area contributed by atoms with Crippen LogP contribution in [0.2, 0.25) is 0 Å². The van der Waals surface area contributed by atoms with E-state index in [1.807, 2.05) is 0 Å². The van der Waals surface area contributed by atoms with Crippen molar-refractivity contribution in [3.05, 3.63) is 134 Å². The van der Waals surface area contributed by atoms with Gasteiger partial charge in [0.15, 0.2) is 6.10 Å². The Balaban J connectivity index is 4.51. The van der Waals surface area contributed by atoms with Gasteiger partial charge in [-0.3, -0.25) is 14.4 Å². The van der Waals surface area contributed by atoms with E-state index in [4.69, 9.17) is 14.2 Å². The number of ether oxygens (including phenoxy) is 3. The zero-order valence-electron chi connectivity index (χ0n) is 49.9. The zero-order chi connectivity index (χ0) is 55.7. The molecule has 0 fully saturated rings. The van der Waals surface area contributed by atoms with Crippen LogP contribution in [0.1, 0.15) is 278 Å². The normalized spacial score (nSPS) is 13.0. The molecule has 0 radical (unpaired) electrons. The van der Waals surface area contributed by atoms with Crippen LogP contribution < -0.4 is 0 Å². The van der Waals surface area contributed by atoms with Crippen molar-refractivity contribution >= 4 is 17.9 Å². The lowest BCUT2D eigenvalue weighted by Gasteiger charge is -2.18. The van der Waals surface area contributed by atoms with Crippen molar-refractivity contribution in [3.63, 3.8) is 0 Å². The molecule has 0 amide bonds. The van der Waals surface area contributed by atoms with Crippen LogP contribution in [-0.4, -0.2) is 37.2 Å². The van der Waals surface area contributed by atoms with Crippen LogP contribution in [0.4, 0.5) is 0 Å². The Morgan fingerprint density at radius 1 is 0.273 bits per heavy atom. The van der Waals surface area contributed by atoms with E-state index in [1.54, 1.807) is 0 Å². The Morgan fingerprint density at radius 3 is 0.857 bits per heavy atom. The second kappa shape index (κ2) is 64.1. The summed E-state index contributed by atoms with van der Waals surface area (Å²) in [4.78, 5) is 38.3. The summed E-state index contributed by atoms with van der Waals surface area (Å²) in [6.45, 7) is 6.37. The van der Waals surface area contributed by atoms with Crippen LogP contribution in [0.5, 0.6) is 0 Å². The van der Waals surface area contributed by atoms with E-state index in [2.05, 4.69) is 154 Å². The maximum atomic E-state index is 12.9. The van der Waals surface area contributed by atoms with Crippen molar-refractivity contribution in [2.75, 3.05) is 13.2 Å². The van der Waals surface area contributed by atoms with Gasteiger partial charge in [-0.2, -0.15) is 0 Å². The number of carbonyl (C=O) groups is 3. The second-order valence-electron chi connectivity index (χ2n) is 20.5. The largest absolute Gasteiger partial charge is 0.462 e. The Hall–Kier alpha value is -4.45. The highest BCUT2D eigenvalue weighted by Crippen LogP contribution is 2.15. The summed E-state index contributed by atoms with van der Waals surface area (Å²) < 4.78 is 16.9. The minimum atomic E-state index is -0.813. The summed E-state index contributed by atoms with van der Waals surface area (Å²) in [5, 5.41) is 0. The summed E-state index contributed by atoms with van der Waals surface area (Å²) in [5.41, 5.74) is 0. The molecule has 0 heterocycles. The maximum Gasteiger partial charge on any atom is 0.306 e. The van der Waals surface area contributed by atoms with Crippen molar-refractivity contribution in [2.45, 2.75) is 284 Å². The third kappa shape index (κ3) is 62.3. The van der Waals surface area contributed by atoms with Crippen LogP contribution >= 0.6 is 0 Å². The van der Waals surface area contributed by atoms with Gasteiger partial charge in [0.25, 0.3) is 0 Å². The number of hydrogen-bond acceptors (Lipinski definition) is 6. The van der Waals surface area contributed by atoms with E-state index >= 15 is 0 Å². The zero-order valence-corrected chi connectivity index (χ0v) is 49.9. The highest BCUT2D eigenvalue weighted by atomic mass is 16.6. The van der Waals surface area contributed by atoms with Crippen molar-refractivity contribution < 1.29 is 28.6 Å². The number of unbranched alkanes of at least 4 members (excludes halogenated alkanes) is 23. The number of allylic oxidation sites excluding steroid dienone is 22. The lowest BCUT2D eigenvalue weighted by atomic mass is 10.1. The minimum absolute atomic E-state index is 0.105. The molecule has 0 spiro atoms. The van der Waals surface area contributed by atoms with E-state index in [-0.39, 0.29) is 37.5 Å². The van der Waals surface area contributed by atoms with Crippen LogP contribution in [0, 0.1) is 0 Å². The molecule has 1 unspecified atom stereocenters. The van der Waals surface area contributed by atoms with E-state index < -0.39 is 6.10 Å². The Morgan fingerprint density at radius 2 is 0.519 bits per heavy atom. The van der Waals surface area contributed by atoms with Gasteiger partial charge in [0.2, 0.25) is 0 Å². The minimum Gasteiger partial charge on any atom is -0.462 e. The molecule has 0 aliphatic heterocycles. The first-order valence-corrected chi connectivity index (χ1v) is 31.7. The van der Waals surface area contributed by atoms with Gasteiger partial charge in [-0.1, -0.05) is 264 Å². The molecule has 77 heavy (non-hydrogen) atoms. The molecular formula is C71H116O6. The molecule has 0 rings (SSSR count). The van der Waals surface area contributed by atoms with Gasteiger partial charge in [0, 0.05) is 19.3 Å². The molecule has 436 valence electrons. The Labute approximate surface area is 475 Å². The highest BCUT2D eigenvalue weighted by Gasteiger charge is 2.19. The van der Waals surface area contributed by atoms with Crippen LogP contribution in [0.25, 0.3) is 0 Å². The van der Waals surface area contributed by atoms with Crippen molar-refractivity contribution in [2.24, 2.45) is 0 Å². The molecule has 0 bridgehead atoms. The topological polar surface area (TPSA) is 78.9 Å². The predicted molar refractivity (Wildman–Crippen MR) is 334 cm³/mol. The standard InChI is InChI=1S/C71H116O6/c1-4-7-10-13-16-19-22-25-28-31-33-34-35-36-38-40-43-46-49-52-55-58-61-64-70(73)76-67-68(66-75-69(72)63-60-57-54-51-48-45-42-39-30-27-24-21-18-15-12-9-6-3)77-71(74)65-62-59-56-53-50-47-44-41-37-32-29-26-23-20-17-14-11-8-5-2/h7,9-10,12,16,18-19,21,25-30,33-34,36,38,43,46,52,55,68H,4-6,8,11,13-15,17,20,22-24,31-32,35,37,39-42,44-45,47-51,53-54,56-67H2,1-3H3/b10-7-,12-9-,19-16-,21-18-,28-25-,29-26-,30-27-,34-33-,38-36-,46-43-,55-52-. The van der Waals surface area contributed by atoms with Crippen LogP contribution in [0.15, 0.2) is 134 Å². The van der Waals surface area contributed by atoms with E-state index in [9.17, 15) is 14.4 Å². The third-order valence-corrected chi connectivity index (χ3v) is 13.1. The molecule has 1 atom stereocenters. The molecule has 0 saturated carbocycles. The van der Waals surface area contributed by atoms with Gasteiger partial charge >= 0.3 is 17.9 Å². The fourth-order valence-electron chi connectivity index (χ4n) is 8.44. The van der Waals surface area contributed by atoms with Gasteiger partial charge in [0.1, 0.15) is 13.2 Å². The fourth-order valence-corrected chi connectivity index (χ4v) is 8.44. The number of hydrogen-bond donors (Lipinski definition) is 0. The van der Waals surface area contributed by atoms with Gasteiger partial charge in [-0.15, -0.1) is 0 Å². The second-order valence-corrected chi connectivity index (χ2v) is 20.5. The van der Waals surface area contributed by atoms with Gasteiger partial charge in [-0.25, -0.2) is 0 Å². The summed E-state index contributed by atoms with van der Waals surface area (Å²) >= 11 is 0. The van der Waals surface area contributed by atoms with Crippen molar-refractivity contribution in [3.8, 4) is 0 Å². The molecule has 0 N–H and O–H groups in total. The van der Waals surface area contributed by atoms with Gasteiger partial charge in [0.05, 0.1) is 0 Å². The lowest BCUT2D eigenvalue weighted by Crippen LogP contribution is -2.30. The first-order chi connectivity index (χ1) is 38.0. The molecule has 0 aliphatic carbocycles. The average molecular weight is 1070 g/mol. The smallest absolute Gasteiger partial charge is 0.306 e. The maximum absolute atomic E-state index is 12.9. The highest BCUT2D eigenvalue weighted by molar-refractivity contribution is 5.71. The number of rotatable bonds is 56. The molecule has 0 aromatic carbocycles. The van der Waals surface area contributed by atoms with E-state index in [0.29, 0.717) is 19.3 Å². The summed E-state index contributed by atoms with van der Waals surface area (Å²) in [7, 11) is 0. The number of carbonyl (C=O) groups excluding carboxylic acids is 3. The lowest BCUT2D eigenvalue weighted by molar-refractivity contribution is -0.167. The first kappa shape index (κ1) is 72.5. The molecular weight excluding hydrogens is 949 g/mol. The quantitative estimate of drug-likeness (QED) is 0.0261. The van der Waals surface area contributed by atoms with E-state index in [0.717, 1.165) is 116 Å². The Kier molecular flexibility index (Phi) is 60.4. The van der Waals surface area contributed by atoms with Crippen LogP contribution in [-0.2, 0) is 28.6 Å². The number of esters is 3. The summed E-state index contributed by atoms with van der Waals surface area (Å²) in [6, 6.07) is 0. The summed E-state index contributed by atoms with van der Waals surface area (Å²) in [6.07, 6.45) is 90.2. The van der Waals surface area contributed by atoms with Crippen LogP contribution in [0.3, 0.4) is 0 Å². The molecule has 0 aliphatic rings. The molecule has 0 saturated heterocycles. The fraction of sp³-hybridized carbons (Fsp3) is 0.648. The first-order valence-electron chi connectivity index (χ1n) is 31.7. The Bertz CT molecular complexity index is 1650. The van der Waals surface area contributed by atoms with Crippen molar-refractivity contribution in [1.29, 1.82) is 0 Å². The average Bonchev–Trinajstić information content (AvgIpc) is 3.43. The van der Waals surface area contributed by atoms with Gasteiger partial charge < -0.3 is 14.2 Å². The van der Waals surface area contributed by atoms with Crippen molar-refractivity contribution in [1.82, 2.24) is 0 Å². The molecule has 0 aromatic heterocycles. The molecule has 0 aromatic rings. The monoisotopic (exact) mass is 1060 g/mol. The third-order valence-electron chi connectivity index (χ3n) is 13.1. The van der Waals surface area contributed by atoms with E-state index in [1.165, 1.54) is 116 Å². The predicted octanol–water partition coefficient (Wildman–Crippen LogP) is 21.8. The molecule has 6 heteroatoms. The summed E-state index contributed by atoms with van der Waals surface area (Å²) in [5.74, 6) is -0.976. The SMILES string of the molecule is CC/C=C\C/C=C\C/C=C\C/C=C\C/C=C\C/C=C\C/C=C\CCCC(=O)OCC(COC(=O)CCCCCCCCC/C=C\C/C=C\C/C=C\CC)OC(=O)CCCCCCCCCCC/C=C\CCCCCCCC.